The summed E-state index contributed by atoms with van der Waals surface area (Å²) in [7, 11) is 1.85. The lowest BCUT2D eigenvalue weighted by Crippen LogP contribution is -2.33. The standard InChI is InChI=1S/C18H23N3O3/c1-4-15(16-10-11-19-21(16)3)20-18(23)12-24-14-8-6-13(7-9-14)17(22)5-2/h6-11,15H,4-5,12H2,1-3H3,(H,20,23). The third-order valence-corrected chi connectivity index (χ3v) is 3.83. The Labute approximate surface area is 141 Å². The van der Waals surface area contributed by atoms with Gasteiger partial charge in [-0.2, -0.15) is 5.10 Å². The Bertz CT molecular complexity index is 692. The molecule has 1 heterocycles. The number of carbonyl (C=O) groups is 2. The molecule has 1 unspecified atom stereocenters. The van der Waals surface area contributed by atoms with Crippen LogP contribution in [0.3, 0.4) is 0 Å². The van der Waals surface area contributed by atoms with Gasteiger partial charge in [0, 0.05) is 25.2 Å². The molecule has 0 radical (unpaired) electrons. The first-order chi connectivity index (χ1) is 11.5. The zero-order valence-corrected chi connectivity index (χ0v) is 14.3. The smallest absolute Gasteiger partial charge is 0.258 e. The molecule has 1 aromatic carbocycles. The largest absolute Gasteiger partial charge is 0.484 e. The third-order valence-electron chi connectivity index (χ3n) is 3.83. The molecule has 0 saturated carbocycles. The Morgan fingerprint density at radius 3 is 2.46 bits per heavy atom. The van der Waals surface area contributed by atoms with Crippen molar-refractivity contribution in [3.63, 3.8) is 0 Å². The molecule has 24 heavy (non-hydrogen) atoms. The maximum Gasteiger partial charge on any atom is 0.258 e. The summed E-state index contributed by atoms with van der Waals surface area (Å²) in [6.07, 6.45) is 2.94. The van der Waals surface area contributed by atoms with Gasteiger partial charge >= 0.3 is 0 Å². The lowest BCUT2D eigenvalue weighted by Gasteiger charge is -2.17. The zero-order valence-electron chi connectivity index (χ0n) is 14.3. The summed E-state index contributed by atoms with van der Waals surface area (Å²) in [6.45, 7) is 3.75. The molecule has 6 nitrogen and oxygen atoms in total. The van der Waals surface area contributed by atoms with Gasteiger partial charge in [0.25, 0.3) is 5.91 Å². The van der Waals surface area contributed by atoms with Crippen LogP contribution in [0.15, 0.2) is 36.5 Å². The van der Waals surface area contributed by atoms with Crippen molar-refractivity contribution < 1.29 is 14.3 Å². The molecule has 0 spiro atoms. The van der Waals surface area contributed by atoms with Crippen molar-refractivity contribution in [2.45, 2.75) is 32.7 Å². The van der Waals surface area contributed by atoms with Crippen molar-refractivity contribution in [2.24, 2.45) is 7.05 Å². The number of benzene rings is 1. The molecule has 0 saturated heterocycles. The Kier molecular flexibility index (Phi) is 6.12. The highest BCUT2D eigenvalue weighted by atomic mass is 16.5. The lowest BCUT2D eigenvalue weighted by molar-refractivity contribution is -0.123. The fourth-order valence-electron chi connectivity index (χ4n) is 2.44. The van der Waals surface area contributed by atoms with Crippen LogP contribution in [-0.2, 0) is 11.8 Å². The van der Waals surface area contributed by atoms with E-state index < -0.39 is 0 Å². The van der Waals surface area contributed by atoms with E-state index in [0.29, 0.717) is 17.7 Å². The highest BCUT2D eigenvalue weighted by molar-refractivity contribution is 5.95. The maximum atomic E-state index is 12.1. The van der Waals surface area contributed by atoms with Gasteiger partial charge in [-0.15, -0.1) is 0 Å². The van der Waals surface area contributed by atoms with E-state index in [1.807, 2.05) is 27.0 Å². The molecular formula is C18H23N3O3. The number of hydrogen-bond donors (Lipinski definition) is 1. The van der Waals surface area contributed by atoms with Crippen LogP contribution in [0, 0.1) is 0 Å². The molecule has 0 aliphatic heterocycles. The van der Waals surface area contributed by atoms with Crippen molar-refractivity contribution in [1.82, 2.24) is 15.1 Å². The van der Waals surface area contributed by atoms with Gasteiger partial charge < -0.3 is 10.1 Å². The van der Waals surface area contributed by atoms with E-state index in [4.69, 9.17) is 4.74 Å². The molecule has 1 atom stereocenters. The molecule has 0 fully saturated rings. The first-order valence-corrected chi connectivity index (χ1v) is 8.08. The predicted molar refractivity (Wildman–Crippen MR) is 90.9 cm³/mol. The number of carbonyl (C=O) groups excluding carboxylic acids is 2. The molecule has 0 aliphatic rings. The normalized spacial score (nSPS) is 11.8. The van der Waals surface area contributed by atoms with Gasteiger partial charge in [-0.1, -0.05) is 13.8 Å². The van der Waals surface area contributed by atoms with Crippen molar-refractivity contribution in [2.75, 3.05) is 6.61 Å². The number of Topliss-reactive ketones (excluding diaryl/α,β-unsaturated/α-hetero) is 1. The van der Waals surface area contributed by atoms with Crippen molar-refractivity contribution in [3.05, 3.63) is 47.8 Å². The molecule has 2 aromatic rings. The van der Waals surface area contributed by atoms with Crippen LogP contribution in [0.25, 0.3) is 0 Å². The van der Waals surface area contributed by atoms with Gasteiger partial charge in [0.1, 0.15) is 5.75 Å². The van der Waals surface area contributed by atoms with Crippen molar-refractivity contribution in [1.29, 1.82) is 0 Å². The van der Waals surface area contributed by atoms with Crippen LogP contribution in [0.5, 0.6) is 5.75 Å². The van der Waals surface area contributed by atoms with Crippen LogP contribution < -0.4 is 10.1 Å². The molecule has 1 amide bonds. The monoisotopic (exact) mass is 329 g/mol. The minimum absolute atomic E-state index is 0.0740. The van der Waals surface area contributed by atoms with E-state index in [0.717, 1.165) is 12.1 Å². The second-order valence-corrected chi connectivity index (χ2v) is 5.50. The highest BCUT2D eigenvalue weighted by Crippen LogP contribution is 2.16. The van der Waals surface area contributed by atoms with Gasteiger partial charge in [-0.25, -0.2) is 0 Å². The fraction of sp³-hybridized carbons (Fsp3) is 0.389. The van der Waals surface area contributed by atoms with Gasteiger partial charge in [-0.3, -0.25) is 14.3 Å². The Morgan fingerprint density at radius 1 is 1.21 bits per heavy atom. The van der Waals surface area contributed by atoms with E-state index in [1.54, 1.807) is 35.1 Å². The molecule has 0 bridgehead atoms. The summed E-state index contributed by atoms with van der Waals surface area (Å²) < 4.78 is 7.23. The fourth-order valence-corrected chi connectivity index (χ4v) is 2.44. The van der Waals surface area contributed by atoms with Gasteiger partial charge in [-0.05, 0) is 36.8 Å². The number of ketones is 1. The van der Waals surface area contributed by atoms with Gasteiger partial charge in [0.05, 0.1) is 11.7 Å². The number of ether oxygens (including phenoxy) is 1. The van der Waals surface area contributed by atoms with Crippen molar-refractivity contribution >= 4 is 11.7 Å². The Morgan fingerprint density at radius 2 is 1.92 bits per heavy atom. The maximum absolute atomic E-state index is 12.1. The predicted octanol–water partition coefficient (Wildman–Crippen LogP) is 2.66. The molecule has 1 aromatic heterocycles. The summed E-state index contributed by atoms with van der Waals surface area (Å²) in [5.74, 6) is 0.449. The number of nitrogens with zero attached hydrogens (tertiary/aromatic N) is 2. The minimum Gasteiger partial charge on any atom is -0.484 e. The second kappa shape index (κ2) is 8.29. The number of hydrogen-bond acceptors (Lipinski definition) is 4. The van der Waals surface area contributed by atoms with E-state index in [-0.39, 0.29) is 24.3 Å². The van der Waals surface area contributed by atoms with E-state index in [9.17, 15) is 9.59 Å². The first kappa shape index (κ1) is 17.7. The molecule has 2 rings (SSSR count). The molecule has 128 valence electrons. The number of aryl methyl sites for hydroxylation is 1. The average molecular weight is 329 g/mol. The highest BCUT2D eigenvalue weighted by Gasteiger charge is 2.16. The number of amides is 1. The van der Waals surface area contributed by atoms with Crippen LogP contribution >= 0.6 is 0 Å². The van der Waals surface area contributed by atoms with E-state index >= 15 is 0 Å². The quantitative estimate of drug-likeness (QED) is 0.756. The number of nitrogens with one attached hydrogen (secondary N) is 1. The van der Waals surface area contributed by atoms with Gasteiger partial charge in [0.2, 0.25) is 0 Å². The van der Waals surface area contributed by atoms with E-state index in [1.165, 1.54) is 0 Å². The van der Waals surface area contributed by atoms with E-state index in [2.05, 4.69) is 10.4 Å². The minimum atomic E-state index is -0.197. The second-order valence-electron chi connectivity index (χ2n) is 5.50. The Balaban J connectivity index is 1.88. The number of aromatic nitrogens is 2. The summed E-state index contributed by atoms with van der Waals surface area (Å²) in [5.41, 5.74) is 1.60. The molecule has 0 aliphatic carbocycles. The first-order valence-electron chi connectivity index (χ1n) is 8.08. The molecular weight excluding hydrogens is 306 g/mol. The lowest BCUT2D eigenvalue weighted by atomic mass is 10.1. The topological polar surface area (TPSA) is 73.2 Å². The van der Waals surface area contributed by atoms with Crippen molar-refractivity contribution in [3.8, 4) is 5.75 Å². The SMILES string of the molecule is CCC(=O)c1ccc(OCC(=O)NC(CC)c2ccnn2C)cc1. The van der Waals surface area contributed by atoms with Crippen LogP contribution in [0.2, 0.25) is 0 Å². The third kappa shape index (κ3) is 4.44. The zero-order chi connectivity index (χ0) is 17.5. The van der Waals surface area contributed by atoms with Crippen LogP contribution in [0.1, 0.15) is 48.8 Å². The summed E-state index contributed by atoms with van der Waals surface area (Å²) >= 11 is 0. The summed E-state index contributed by atoms with van der Waals surface area (Å²) in [6, 6.07) is 8.62. The number of rotatable bonds is 8. The molecule has 6 heteroatoms. The average Bonchev–Trinajstić information content (AvgIpc) is 3.03. The van der Waals surface area contributed by atoms with Crippen LogP contribution in [-0.4, -0.2) is 28.1 Å². The van der Waals surface area contributed by atoms with Crippen LogP contribution in [0.4, 0.5) is 0 Å². The Hall–Kier alpha value is -2.63. The summed E-state index contributed by atoms with van der Waals surface area (Å²) in [5, 5.41) is 7.06. The summed E-state index contributed by atoms with van der Waals surface area (Å²) in [4.78, 5) is 23.7. The van der Waals surface area contributed by atoms with Gasteiger partial charge in [0.15, 0.2) is 12.4 Å². The molecule has 1 N–H and O–H groups in total.